The number of nitrogens with zero attached hydrogens (tertiary/aromatic N) is 2. The second-order valence-corrected chi connectivity index (χ2v) is 8.62. The summed E-state index contributed by atoms with van der Waals surface area (Å²) in [6.07, 6.45) is 0.116. The van der Waals surface area contributed by atoms with E-state index < -0.39 is 12.0 Å². The number of para-hydroxylation sites is 2. The minimum atomic E-state index is -0.579. The predicted octanol–water partition coefficient (Wildman–Crippen LogP) is 2.60. The number of carbonyl (C=O) groups excluding carboxylic acids is 3. The van der Waals surface area contributed by atoms with Gasteiger partial charge in [-0.05, 0) is 36.4 Å². The van der Waals surface area contributed by atoms with Crippen LogP contribution in [0.1, 0.15) is 6.42 Å². The molecule has 2 aromatic rings. The zero-order valence-corrected chi connectivity index (χ0v) is 18.8. The monoisotopic (exact) mass is 455 g/mol. The Labute approximate surface area is 190 Å². The Morgan fingerprint density at radius 1 is 1.06 bits per heavy atom. The molecule has 2 atom stereocenters. The number of carbonyl (C=O) groups is 3. The standard InChI is InChI=1S/C23H25N3O5S/c1-30-17-9-7-16(8-10-17)24-22(28)19-13-32-14-26(19)23(29)15-11-21(27)25(12-15)18-5-3-4-6-20(18)31-2/h3-10,15,19H,11-14H2,1-2H3,(H,24,28). The molecule has 32 heavy (non-hydrogen) atoms. The molecule has 8 nitrogen and oxygen atoms in total. The fourth-order valence-corrected chi connectivity index (χ4v) is 5.13. The van der Waals surface area contributed by atoms with Gasteiger partial charge < -0.3 is 24.6 Å². The zero-order chi connectivity index (χ0) is 22.7. The molecule has 0 bridgehead atoms. The first-order chi connectivity index (χ1) is 15.5. The van der Waals surface area contributed by atoms with Gasteiger partial charge in [0.25, 0.3) is 0 Å². The van der Waals surface area contributed by atoms with Crippen LogP contribution in [0.4, 0.5) is 11.4 Å². The lowest BCUT2D eigenvalue weighted by Crippen LogP contribution is -2.47. The van der Waals surface area contributed by atoms with E-state index in [0.717, 1.165) is 0 Å². The molecule has 2 saturated heterocycles. The number of benzene rings is 2. The maximum Gasteiger partial charge on any atom is 0.248 e. The van der Waals surface area contributed by atoms with Crippen LogP contribution in [0, 0.1) is 5.92 Å². The molecule has 2 aliphatic heterocycles. The van der Waals surface area contributed by atoms with Gasteiger partial charge in [-0.2, -0.15) is 0 Å². The number of methoxy groups -OCH3 is 2. The third-order valence-electron chi connectivity index (χ3n) is 5.68. The molecule has 2 fully saturated rings. The molecule has 0 aliphatic carbocycles. The molecule has 168 valence electrons. The highest BCUT2D eigenvalue weighted by molar-refractivity contribution is 7.99. The van der Waals surface area contributed by atoms with E-state index in [1.54, 1.807) is 60.4 Å². The summed E-state index contributed by atoms with van der Waals surface area (Å²) in [4.78, 5) is 42.0. The van der Waals surface area contributed by atoms with Gasteiger partial charge in [0.2, 0.25) is 17.7 Å². The van der Waals surface area contributed by atoms with E-state index >= 15 is 0 Å². The van der Waals surface area contributed by atoms with E-state index in [2.05, 4.69) is 5.32 Å². The van der Waals surface area contributed by atoms with Gasteiger partial charge in [-0.15, -0.1) is 11.8 Å². The minimum Gasteiger partial charge on any atom is -0.497 e. The topological polar surface area (TPSA) is 88.2 Å². The van der Waals surface area contributed by atoms with Crippen LogP contribution in [0.5, 0.6) is 11.5 Å². The molecular weight excluding hydrogens is 430 g/mol. The van der Waals surface area contributed by atoms with Crippen LogP contribution in [0.2, 0.25) is 0 Å². The van der Waals surface area contributed by atoms with Crippen molar-refractivity contribution in [2.45, 2.75) is 12.5 Å². The average Bonchev–Trinajstić information content (AvgIpc) is 3.46. The lowest BCUT2D eigenvalue weighted by molar-refractivity contribution is -0.139. The van der Waals surface area contributed by atoms with Gasteiger partial charge in [-0.1, -0.05) is 12.1 Å². The van der Waals surface area contributed by atoms with Crippen LogP contribution in [0.3, 0.4) is 0 Å². The maximum absolute atomic E-state index is 13.3. The van der Waals surface area contributed by atoms with E-state index in [9.17, 15) is 14.4 Å². The Hall–Kier alpha value is -3.20. The summed E-state index contributed by atoms with van der Waals surface area (Å²) in [6.45, 7) is 0.270. The molecule has 2 aliphatic rings. The first-order valence-electron chi connectivity index (χ1n) is 10.3. The van der Waals surface area contributed by atoms with Crippen LogP contribution >= 0.6 is 11.8 Å². The predicted molar refractivity (Wildman–Crippen MR) is 123 cm³/mol. The summed E-state index contributed by atoms with van der Waals surface area (Å²) in [5.74, 6) is 1.20. The third kappa shape index (κ3) is 4.38. The number of ether oxygens (including phenoxy) is 2. The van der Waals surface area contributed by atoms with Crippen LogP contribution in [-0.4, -0.2) is 61.1 Å². The van der Waals surface area contributed by atoms with E-state index in [-0.39, 0.29) is 30.7 Å². The van der Waals surface area contributed by atoms with Crippen molar-refractivity contribution < 1.29 is 23.9 Å². The molecule has 0 spiro atoms. The molecule has 1 N–H and O–H groups in total. The van der Waals surface area contributed by atoms with E-state index in [1.165, 1.54) is 11.8 Å². The molecule has 2 unspecified atom stereocenters. The van der Waals surface area contributed by atoms with E-state index in [4.69, 9.17) is 9.47 Å². The van der Waals surface area contributed by atoms with Crippen molar-refractivity contribution in [3.8, 4) is 11.5 Å². The van der Waals surface area contributed by atoms with Crippen LogP contribution in [0.25, 0.3) is 0 Å². The number of hydrogen-bond donors (Lipinski definition) is 1. The first-order valence-corrected chi connectivity index (χ1v) is 11.4. The van der Waals surface area contributed by atoms with E-state index in [0.29, 0.717) is 34.5 Å². The van der Waals surface area contributed by atoms with Crippen molar-refractivity contribution in [2.75, 3.05) is 42.6 Å². The molecule has 2 aromatic carbocycles. The lowest BCUT2D eigenvalue weighted by Gasteiger charge is -2.26. The molecule has 2 heterocycles. The van der Waals surface area contributed by atoms with Crippen molar-refractivity contribution in [3.05, 3.63) is 48.5 Å². The van der Waals surface area contributed by atoms with Gasteiger partial charge in [0, 0.05) is 24.4 Å². The van der Waals surface area contributed by atoms with Crippen LogP contribution < -0.4 is 19.7 Å². The number of rotatable bonds is 6. The molecule has 0 saturated carbocycles. The van der Waals surface area contributed by atoms with Gasteiger partial charge in [0.05, 0.1) is 31.7 Å². The summed E-state index contributed by atoms with van der Waals surface area (Å²) in [6, 6.07) is 13.7. The number of thioether (sulfide) groups is 1. The average molecular weight is 456 g/mol. The summed E-state index contributed by atoms with van der Waals surface area (Å²) in [5, 5.41) is 2.87. The van der Waals surface area contributed by atoms with Gasteiger partial charge in [0.1, 0.15) is 17.5 Å². The SMILES string of the molecule is COc1ccc(NC(=O)C2CSCN2C(=O)C2CC(=O)N(c3ccccc3OC)C2)cc1. The van der Waals surface area contributed by atoms with Crippen LogP contribution in [0.15, 0.2) is 48.5 Å². The Balaban J connectivity index is 1.44. The van der Waals surface area contributed by atoms with Gasteiger partial charge in [-0.3, -0.25) is 14.4 Å². The summed E-state index contributed by atoms with van der Waals surface area (Å²) >= 11 is 1.53. The highest BCUT2D eigenvalue weighted by atomic mass is 32.2. The molecule has 9 heteroatoms. The number of hydrogen-bond acceptors (Lipinski definition) is 6. The fourth-order valence-electron chi connectivity index (χ4n) is 3.97. The highest BCUT2D eigenvalue weighted by Gasteiger charge is 2.42. The second kappa shape index (κ2) is 9.52. The number of amides is 3. The smallest absolute Gasteiger partial charge is 0.248 e. The quantitative estimate of drug-likeness (QED) is 0.721. The Morgan fingerprint density at radius 3 is 2.53 bits per heavy atom. The maximum atomic E-state index is 13.3. The Kier molecular flexibility index (Phi) is 6.55. The third-order valence-corrected chi connectivity index (χ3v) is 6.69. The number of nitrogens with one attached hydrogen (secondary N) is 1. The van der Waals surface area contributed by atoms with E-state index in [1.807, 2.05) is 12.1 Å². The molecule has 4 rings (SSSR count). The summed E-state index contributed by atoms with van der Waals surface area (Å²) in [5.41, 5.74) is 1.29. The largest absolute Gasteiger partial charge is 0.497 e. The summed E-state index contributed by atoms with van der Waals surface area (Å²) in [7, 11) is 3.13. The second-order valence-electron chi connectivity index (χ2n) is 7.62. The van der Waals surface area contributed by atoms with Crippen molar-refractivity contribution in [1.82, 2.24) is 4.90 Å². The van der Waals surface area contributed by atoms with Gasteiger partial charge in [-0.25, -0.2) is 0 Å². The van der Waals surface area contributed by atoms with Crippen LogP contribution in [-0.2, 0) is 14.4 Å². The summed E-state index contributed by atoms with van der Waals surface area (Å²) < 4.78 is 10.5. The zero-order valence-electron chi connectivity index (χ0n) is 17.9. The molecule has 0 aromatic heterocycles. The molecule has 0 radical (unpaired) electrons. The van der Waals surface area contributed by atoms with Gasteiger partial charge in [0.15, 0.2) is 0 Å². The van der Waals surface area contributed by atoms with Gasteiger partial charge >= 0.3 is 0 Å². The fraction of sp³-hybridized carbons (Fsp3) is 0.348. The normalized spacial score (nSPS) is 20.4. The lowest BCUT2D eigenvalue weighted by atomic mass is 10.1. The first kappa shape index (κ1) is 22.0. The highest BCUT2D eigenvalue weighted by Crippen LogP contribution is 2.34. The molecular formula is C23H25N3O5S. The van der Waals surface area contributed by atoms with Crippen molar-refractivity contribution in [2.24, 2.45) is 5.92 Å². The van der Waals surface area contributed by atoms with Crippen molar-refractivity contribution in [1.29, 1.82) is 0 Å². The van der Waals surface area contributed by atoms with Crippen molar-refractivity contribution >= 4 is 40.9 Å². The number of anilines is 2. The molecule has 3 amide bonds. The van der Waals surface area contributed by atoms with Crippen molar-refractivity contribution in [3.63, 3.8) is 0 Å². The Morgan fingerprint density at radius 2 is 1.81 bits per heavy atom. The Bertz CT molecular complexity index is 1010. The minimum absolute atomic E-state index is 0.116.